The highest BCUT2D eigenvalue weighted by atomic mass is 32.2. The normalized spacial score (nSPS) is 13.4. The molecule has 3 unspecified atom stereocenters. The van der Waals surface area contributed by atoms with E-state index in [4.69, 9.17) is 15.9 Å². The topological polar surface area (TPSA) is 114 Å². The van der Waals surface area contributed by atoms with Crippen molar-refractivity contribution in [1.82, 2.24) is 15.5 Å². The summed E-state index contributed by atoms with van der Waals surface area (Å²) in [5.41, 5.74) is 1.17. The highest BCUT2D eigenvalue weighted by Gasteiger charge is 2.39. The van der Waals surface area contributed by atoms with Crippen LogP contribution in [0.5, 0.6) is 0 Å². The number of carbonyl (C=O) groups excluding carboxylic acids is 4. The molecule has 9 nitrogen and oxygen atoms in total. The molecule has 244 valence electrons. The molecule has 0 saturated heterocycles. The highest BCUT2D eigenvalue weighted by molar-refractivity contribution is 7.98. The number of aryl methyl sites for hydroxylation is 2. The van der Waals surface area contributed by atoms with Crippen molar-refractivity contribution in [3.63, 3.8) is 0 Å². The zero-order valence-corrected chi connectivity index (χ0v) is 28.7. The first-order valence-electron chi connectivity index (χ1n) is 14.9. The van der Waals surface area contributed by atoms with Crippen LogP contribution in [0.4, 0.5) is 4.79 Å². The number of carbonyl (C=O) groups is 4. The number of nitrogens with one attached hydrogen (secondary N) is 2. The van der Waals surface area contributed by atoms with Gasteiger partial charge in [0.1, 0.15) is 29.3 Å². The second-order valence-corrected chi connectivity index (χ2v) is 13.8. The lowest BCUT2D eigenvalue weighted by atomic mass is 9.93. The molecule has 2 N–H and O–H groups in total. The lowest BCUT2D eigenvalue weighted by molar-refractivity contribution is -0.159. The number of terminal acetylenes is 1. The van der Waals surface area contributed by atoms with E-state index in [1.54, 1.807) is 41.5 Å². The Hall–Kier alpha value is -3.97. The Balaban J connectivity index is 2.59. The number of nitrogens with zero attached hydrogens (tertiary/aromatic N) is 1. The fourth-order valence-corrected chi connectivity index (χ4v) is 5.15. The third kappa shape index (κ3) is 11.8. The van der Waals surface area contributed by atoms with Gasteiger partial charge in [-0.3, -0.25) is 14.5 Å². The zero-order chi connectivity index (χ0) is 33.9. The quantitative estimate of drug-likeness (QED) is 0.180. The molecule has 0 aliphatic carbocycles. The molecule has 2 aromatic carbocycles. The monoisotopic (exact) mass is 637 g/mol. The van der Waals surface area contributed by atoms with Crippen LogP contribution >= 0.6 is 11.8 Å². The van der Waals surface area contributed by atoms with E-state index in [9.17, 15) is 19.2 Å². The number of rotatable bonds is 12. The van der Waals surface area contributed by atoms with Crippen molar-refractivity contribution in [1.29, 1.82) is 0 Å². The van der Waals surface area contributed by atoms with Gasteiger partial charge in [0.25, 0.3) is 5.91 Å². The number of esters is 1. The Labute approximate surface area is 272 Å². The van der Waals surface area contributed by atoms with Crippen molar-refractivity contribution in [3.05, 3.63) is 70.8 Å². The van der Waals surface area contributed by atoms with Gasteiger partial charge in [0.2, 0.25) is 5.91 Å². The van der Waals surface area contributed by atoms with Crippen LogP contribution in [0.25, 0.3) is 0 Å². The van der Waals surface area contributed by atoms with Gasteiger partial charge in [-0.1, -0.05) is 55.0 Å². The van der Waals surface area contributed by atoms with E-state index >= 15 is 0 Å². The van der Waals surface area contributed by atoms with Gasteiger partial charge in [-0.25, -0.2) is 9.59 Å². The molecule has 3 amide bonds. The van der Waals surface area contributed by atoms with Gasteiger partial charge in [-0.2, -0.15) is 11.8 Å². The zero-order valence-electron chi connectivity index (χ0n) is 27.9. The minimum atomic E-state index is -1.32. The Bertz CT molecular complexity index is 1350. The standard InChI is InChI=1S/C35H47N3O6S/c1-11-38(31(40)26(20-21-45-10)37-33(42)44-35(7,8)9)29(28-23(2)16-15-17-24(28)3)30(39)36-27(32(41)43-34(4,5)6)22-25-18-13-12-14-19-25/h1,12-19,26-27,29H,20-22H2,2-10H3,(H,36,39)(H,37,42). The number of ether oxygens (including phenoxy) is 2. The van der Waals surface area contributed by atoms with E-state index in [0.717, 1.165) is 21.6 Å². The molecule has 3 atom stereocenters. The second-order valence-electron chi connectivity index (χ2n) is 12.8. The van der Waals surface area contributed by atoms with Gasteiger partial charge in [-0.05, 0) is 96.1 Å². The molecular weight excluding hydrogens is 590 g/mol. The molecule has 2 rings (SSSR count). The average Bonchev–Trinajstić information content (AvgIpc) is 2.92. The first-order valence-corrected chi connectivity index (χ1v) is 16.3. The molecule has 0 spiro atoms. The van der Waals surface area contributed by atoms with Crippen LogP contribution in [-0.2, 0) is 30.3 Å². The van der Waals surface area contributed by atoms with Crippen LogP contribution in [0, 0.1) is 26.3 Å². The van der Waals surface area contributed by atoms with Gasteiger partial charge in [-0.15, -0.1) is 0 Å². The maximum absolute atomic E-state index is 14.3. The summed E-state index contributed by atoms with van der Waals surface area (Å²) in [6.45, 7) is 14.0. The highest BCUT2D eigenvalue weighted by Crippen LogP contribution is 2.29. The van der Waals surface area contributed by atoms with Gasteiger partial charge in [0.05, 0.1) is 0 Å². The third-order valence-electron chi connectivity index (χ3n) is 6.59. The minimum Gasteiger partial charge on any atom is -0.458 e. The molecule has 45 heavy (non-hydrogen) atoms. The summed E-state index contributed by atoms with van der Waals surface area (Å²) in [7, 11) is 0. The molecule has 2 aromatic rings. The molecule has 0 aliphatic rings. The molecule has 10 heteroatoms. The summed E-state index contributed by atoms with van der Waals surface area (Å²) in [4.78, 5) is 55.7. The van der Waals surface area contributed by atoms with Crippen LogP contribution in [-0.4, -0.2) is 64.1 Å². The lowest BCUT2D eigenvalue weighted by Gasteiger charge is -2.33. The number of hydrogen-bond acceptors (Lipinski definition) is 7. The van der Waals surface area contributed by atoms with Crippen molar-refractivity contribution < 1.29 is 28.7 Å². The van der Waals surface area contributed by atoms with Gasteiger partial charge < -0.3 is 20.1 Å². The van der Waals surface area contributed by atoms with Gasteiger partial charge >= 0.3 is 12.1 Å². The number of benzene rings is 2. The molecular formula is C35H47N3O6S. The maximum Gasteiger partial charge on any atom is 0.408 e. The van der Waals surface area contributed by atoms with E-state index in [1.807, 2.05) is 68.6 Å². The molecule has 0 fully saturated rings. The molecule has 0 radical (unpaired) electrons. The van der Waals surface area contributed by atoms with Crippen molar-refractivity contribution in [2.75, 3.05) is 12.0 Å². The van der Waals surface area contributed by atoms with E-state index in [1.165, 1.54) is 11.8 Å². The average molecular weight is 638 g/mol. The summed E-state index contributed by atoms with van der Waals surface area (Å²) in [5, 5.41) is 5.49. The summed E-state index contributed by atoms with van der Waals surface area (Å²) in [6.07, 6.45) is 7.48. The Kier molecular flexibility index (Phi) is 13.5. The Morgan fingerprint density at radius 1 is 0.867 bits per heavy atom. The molecule has 0 saturated carbocycles. The SMILES string of the molecule is C#CN(C(=O)C(CCSC)NC(=O)OC(C)(C)C)C(C(=O)NC(Cc1ccccc1)C(=O)OC(C)(C)C)c1c(C)cccc1C. The second kappa shape index (κ2) is 16.4. The Morgan fingerprint density at radius 2 is 1.44 bits per heavy atom. The number of hydrogen-bond donors (Lipinski definition) is 2. The van der Waals surface area contributed by atoms with E-state index in [0.29, 0.717) is 11.3 Å². The summed E-state index contributed by atoms with van der Waals surface area (Å²) in [6, 6.07) is 13.7. The molecule has 0 heterocycles. The Morgan fingerprint density at radius 3 is 1.96 bits per heavy atom. The predicted molar refractivity (Wildman–Crippen MR) is 178 cm³/mol. The van der Waals surface area contributed by atoms with Crippen molar-refractivity contribution in [2.45, 2.75) is 97.6 Å². The van der Waals surface area contributed by atoms with E-state index in [2.05, 4.69) is 16.7 Å². The largest absolute Gasteiger partial charge is 0.458 e. The van der Waals surface area contributed by atoms with Crippen molar-refractivity contribution >= 4 is 35.6 Å². The van der Waals surface area contributed by atoms with Crippen LogP contribution in [0.3, 0.4) is 0 Å². The predicted octanol–water partition coefficient (Wildman–Crippen LogP) is 5.48. The lowest BCUT2D eigenvalue weighted by Crippen LogP contribution is -2.54. The fraction of sp³-hybridized carbons (Fsp3) is 0.486. The third-order valence-corrected chi connectivity index (χ3v) is 7.23. The van der Waals surface area contributed by atoms with Crippen LogP contribution < -0.4 is 10.6 Å². The van der Waals surface area contributed by atoms with Crippen LogP contribution in [0.2, 0.25) is 0 Å². The summed E-state index contributed by atoms with van der Waals surface area (Å²) < 4.78 is 11.1. The number of thioether (sulfide) groups is 1. The minimum absolute atomic E-state index is 0.154. The first-order chi connectivity index (χ1) is 21.0. The number of amides is 3. The van der Waals surface area contributed by atoms with Gasteiger partial charge in [0, 0.05) is 12.5 Å². The summed E-state index contributed by atoms with van der Waals surface area (Å²) in [5.74, 6) is -1.41. The van der Waals surface area contributed by atoms with Crippen LogP contribution in [0.15, 0.2) is 48.5 Å². The summed E-state index contributed by atoms with van der Waals surface area (Å²) >= 11 is 1.49. The first kappa shape index (κ1) is 37.2. The fourth-order valence-electron chi connectivity index (χ4n) is 4.68. The van der Waals surface area contributed by atoms with E-state index in [-0.39, 0.29) is 12.8 Å². The smallest absolute Gasteiger partial charge is 0.408 e. The van der Waals surface area contributed by atoms with Crippen molar-refractivity contribution in [2.24, 2.45) is 0 Å². The molecule has 0 bridgehead atoms. The number of alkyl carbamates (subject to hydrolysis) is 1. The van der Waals surface area contributed by atoms with E-state index < -0.39 is 53.2 Å². The maximum atomic E-state index is 14.3. The molecule has 0 aliphatic heterocycles. The van der Waals surface area contributed by atoms with Crippen LogP contribution in [0.1, 0.15) is 76.3 Å². The van der Waals surface area contributed by atoms with Gasteiger partial charge in [0.15, 0.2) is 0 Å². The van der Waals surface area contributed by atoms with Crippen molar-refractivity contribution in [3.8, 4) is 12.5 Å². The molecule has 0 aromatic heterocycles.